The third-order valence-electron chi connectivity index (χ3n) is 4.90. The first-order valence-corrected chi connectivity index (χ1v) is 9.49. The van der Waals surface area contributed by atoms with Gasteiger partial charge in [0.15, 0.2) is 11.5 Å². The van der Waals surface area contributed by atoms with Crippen molar-refractivity contribution in [1.82, 2.24) is 20.3 Å². The molecule has 1 aliphatic heterocycles. The van der Waals surface area contributed by atoms with Crippen molar-refractivity contribution in [3.05, 3.63) is 59.8 Å². The van der Waals surface area contributed by atoms with E-state index in [9.17, 15) is 9.59 Å². The van der Waals surface area contributed by atoms with E-state index in [1.807, 2.05) is 6.92 Å². The van der Waals surface area contributed by atoms with Crippen molar-refractivity contribution in [2.75, 3.05) is 23.7 Å². The lowest BCUT2D eigenvalue weighted by Gasteiger charge is -2.22. The lowest BCUT2D eigenvalue weighted by molar-refractivity contribution is 0.0994. The summed E-state index contributed by atoms with van der Waals surface area (Å²) in [5.41, 5.74) is 2.33. The number of hydrogen-bond donors (Lipinski definition) is 3. The third-order valence-corrected chi connectivity index (χ3v) is 4.90. The molecule has 1 saturated heterocycles. The number of carbonyl (C=O) groups excluding carboxylic acids is 2. The van der Waals surface area contributed by atoms with Crippen LogP contribution in [0.2, 0.25) is 0 Å². The summed E-state index contributed by atoms with van der Waals surface area (Å²) >= 11 is 0. The second kappa shape index (κ2) is 8.27. The maximum atomic E-state index is 12.5. The Labute approximate surface area is 167 Å². The maximum absolute atomic E-state index is 12.5. The summed E-state index contributed by atoms with van der Waals surface area (Å²) in [5, 5.41) is 17.0. The zero-order chi connectivity index (χ0) is 20.2. The maximum Gasteiger partial charge on any atom is 0.291 e. The number of aromatic nitrogens is 3. The number of aryl methyl sites for hydroxylation is 1. The highest BCUT2D eigenvalue weighted by molar-refractivity contribution is 6.04. The number of piperidine rings is 1. The van der Waals surface area contributed by atoms with Gasteiger partial charge in [-0.25, -0.2) is 4.68 Å². The van der Waals surface area contributed by atoms with E-state index in [2.05, 4.69) is 26.3 Å². The average molecular weight is 394 g/mol. The molecule has 0 unspecified atom stereocenters. The molecular formula is C20H22N6O3. The van der Waals surface area contributed by atoms with Gasteiger partial charge in [-0.05, 0) is 68.8 Å². The molecule has 0 atom stereocenters. The second-order valence-corrected chi connectivity index (χ2v) is 6.98. The molecule has 3 N–H and O–H groups in total. The van der Waals surface area contributed by atoms with Crippen LogP contribution in [0.1, 0.15) is 45.5 Å². The summed E-state index contributed by atoms with van der Waals surface area (Å²) in [6.45, 7) is 3.73. The van der Waals surface area contributed by atoms with Gasteiger partial charge in [0.25, 0.3) is 11.8 Å². The van der Waals surface area contributed by atoms with Crippen molar-refractivity contribution in [3.8, 4) is 0 Å². The van der Waals surface area contributed by atoms with Gasteiger partial charge in [-0.3, -0.25) is 9.59 Å². The number of rotatable bonds is 5. The van der Waals surface area contributed by atoms with E-state index in [0.717, 1.165) is 31.5 Å². The van der Waals surface area contributed by atoms with Crippen LogP contribution in [0.15, 0.2) is 47.2 Å². The number of nitrogens with one attached hydrogen (secondary N) is 3. The van der Waals surface area contributed by atoms with E-state index >= 15 is 0 Å². The molecule has 2 aromatic heterocycles. The predicted octanol–water partition coefficient (Wildman–Crippen LogP) is 2.61. The quantitative estimate of drug-likeness (QED) is 0.613. The average Bonchev–Trinajstić information content (AvgIpc) is 3.43. The first-order chi connectivity index (χ1) is 14.1. The Morgan fingerprint density at radius 2 is 2.00 bits per heavy atom. The van der Waals surface area contributed by atoms with Crippen LogP contribution in [0.4, 0.5) is 11.4 Å². The molecule has 9 nitrogen and oxygen atoms in total. The normalized spacial score (nSPS) is 14.5. The predicted molar refractivity (Wildman–Crippen MR) is 107 cm³/mol. The smallest absolute Gasteiger partial charge is 0.291 e. The third kappa shape index (κ3) is 4.35. The molecule has 150 valence electrons. The zero-order valence-corrected chi connectivity index (χ0v) is 16.0. The molecule has 0 aliphatic carbocycles. The van der Waals surface area contributed by atoms with Gasteiger partial charge in [-0.15, -0.1) is 5.10 Å². The summed E-state index contributed by atoms with van der Waals surface area (Å²) in [4.78, 5) is 24.6. The number of benzene rings is 1. The summed E-state index contributed by atoms with van der Waals surface area (Å²) in [5.74, 6) is -0.417. The van der Waals surface area contributed by atoms with E-state index < -0.39 is 0 Å². The van der Waals surface area contributed by atoms with Crippen LogP contribution in [-0.2, 0) is 0 Å². The Kier molecular flexibility index (Phi) is 5.39. The summed E-state index contributed by atoms with van der Waals surface area (Å²) in [7, 11) is 0. The Morgan fingerprint density at radius 3 is 2.72 bits per heavy atom. The molecule has 3 aromatic rings. The van der Waals surface area contributed by atoms with Crippen LogP contribution in [0.5, 0.6) is 0 Å². The van der Waals surface area contributed by atoms with Crippen molar-refractivity contribution in [2.45, 2.75) is 25.8 Å². The summed E-state index contributed by atoms with van der Waals surface area (Å²) in [6.07, 6.45) is 5.07. The van der Waals surface area contributed by atoms with Gasteiger partial charge in [-0.1, -0.05) is 5.21 Å². The molecule has 2 amide bonds. The molecule has 0 bridgehead atoms. The Hall–Kier alpha value is -3.46. The highest BCUT2D eigenvalue weighted by atomic mass is 16.3. The lowest BCUT2D eigenvalue weighted by Crippen LogP contribution is -2.29. The van der Waals surface area contributed by atoms with E-state index in [1.165, 1.54) is 6.26 Å². The van der Waals surface area contributed by atoms with E-state index in [1.54, 1.807) is 41.2 Å². The SMILES string of the molecule is Cc1cc(NC(=O)c2cn(C3CCNCC3)nn2)ccc1NC(=O)c1ccco1. The first kappa shape index (κ1) is 18.9. The van der Waals surface area contributed by atoms with Crippen LogP contribution in [0, 0.1) is 6.92 Å². The van der Waals surface area contributed by atoms with Crippen LogP contribution in [0.25, 0.3) is 0 Å². The van der Waals surface area contributed by atoms with Gasteiger partial charge >= 0.3 is 0 Å². The molecule has 0 spiro atoms. The molecule has 1 aromatic carbocycles. The van der Waals surface area contributed by atoms with Crippen molar-refractivity contribution < 1.29 is 14.0 Å². The molecule has 1 aliphatic rings. The molecule has 29 heavy (non-hydrogen) atoms. The number of anilines is 2. The minimum Gasteiger partial charge on any atom is -0.459 e. The van der Waals surface area contributed by atoms with Gasteiger partial charge in [0, 0.05) is 11.4 Å². The molecule has 3 heterocycles. The van der Waals surface area contributed by atoms with Gasteiger partial charge in [0.1, 0.15) is 0 Å². The van der Waals surface area contributed by atoms with Crippen molar-refractivity contribution in [3.63, 3.8) is 0 Å². The Balaban J connectivity index is 1.40. The number of carbonyl (C=O) groups is 2. The van der Waals surface area contributed by atoms with Gasteiger partial charge in [0.2, 0.25) is 0 Å². The van der Waals surface area contributed by atoms with Gasteiger partial charge in [0.05, 0.1) is 18.5 Å². The fraction of sp³-hybridized carbons (Fsp3) is 0.300. The first-order valence-electron chi connectivity index (χ1n) is 9.49. The standard InChI is InChI=1S/C20H22N6O3/c1-13-11-14(4-5-16(13)23-20(28)18-3-2-10-29-18)22-19(27)17-12-26(25-24-17)15-6-8-21-9-7-15/h2-5,10-12,15,21H,6-9H2,1H3,(H,22,27)(H,23,28). The molecule has 0 radical (unpaired) electrons. The highest BCUT2D eigenvalue weighted by Crippen LogP contribution is 2.22. The van der Waals surface area contributed by atoms with Crippen LogP contribution in [-0.4, -0.2) is 39.9 Å². The number of hydrogen-bond acceptors (Lipinski definition) is 6. The molecular weight excluding hydrogens is 372 g/mol. The van der Waals surface area contributed by atoms with Crippen LogP contribution in [0.3, 0.4) is 0 Å². The van der Waals surface area contributed by atoms with Gasteiger partial charge in [-0.2, -0.15) is 0 Å². The van der Waals surface area contributed by atoms with E-state index in [-0.39, 0.29) is 29.3 Å². The van der Waals surface area contributed by atoms with E-state index in [4.69, 9.17) is 4.42 Å². The van der Waals surface area contributed by atoms with E-state index in [0.29, 0.717) is 11.4 Å². The minimum absolute atomic E-state index is 0.235. The number of amides is 2. The largest absolute Gasteiger partial charge is 0.459 e. The van der Waals surface area contributed by atoms with Gasteiger partial charge < -0.3 is 20.4 Å². The molecule has 9 heteroatoms. The lowest BCUT2D eigenvalue weighted by atomic mass is 10.1. The number of nitrogens with zero attached hydrogens (tertiary/aromatic N) is 3. The monoisotopic (exact) mass is 394 g/mol. The summed E-state index contributed by atoms with van der Waals surface area (Å²) in [6, 6.07) is 8.76. The van der Waals surface area contributed by atoms with Crippen LogP contribution < -0.4 is 16.0 Å². The van der Waals surface area contributed by atoms with Crippen LogP contribution >= 0.6 is 0 Å². The highest BCUT2D eigenvalue weighted by Gasteiger charge is 2.19. The zero-order valence-electron chi connectivity index (χ0n) is 16.0. The number of furan rings is 1. The molecule has 0 saturated carbocycles. The molecule has 1 fully saturated rings. The Bertz CT molecular complexity index is 1010. The molecule has 4 rings (SSSR count). The summed E-state index contributed by atoms with van der Waals surface area (Å²) < 4.78 is 6.86. The van der Waals surface area contributed by atoms with Crippen molar-refractivity contribution >= 4 is 23.2 Å². The second-order valence-electron chi connectivity index (χ2n) is 6.98. The minimum atomic E-state index is -0.329. The Morgan fingerprint density at radius 1 is 1.17 bits per heavy atom. The van der Waals surface area contributed by atoms with Crippen molar-refractivity contribution in [1.29, 1.82) is 0 Å². The van der Waals surface area contributed by atoms with Crippen molar-refractivity contribution in [2.24, 2.45) is 0 Å². The fourth-order valence-electron chi connectivity index (χ4n) is 3.30. The topological polar surface area (TPSA) is 114 Å². The fourth-order valence-corrected chi connectivity index (χ4v) is 3.30.